The second kappa shape index (κ2) is 7.46. The third-order valence-corrected chi connectivity index (χ3v) is 3.16. The van der Waals surface area contributed by atoms with Crippen LogP contribution in [0.4, 0.5) is 0 Å². The number of aromatic nitrogens is 2. The molecule has 2 N–H and O–H groups in total. The molecule has 120 valence electrons. The van der Waals surface area contributed by atoms with E-state index in [2.05, 4.69) is 15.3 Å². The molecule has 0 aliphatic rings. The topological polar surface area (TPSA) is 95.4 Å². The number of amides is 1. The van der Waals surface area contributed by atoms with Gasteiger partial charge in [0.15, 0.2) is 5.69 Å². The van der Waals surface area contributed by atoms with Crippen LogP contribution >= 0.6 is 0 Å². The van der Waals surface area contributed by atoms with Crippen molar-refractivity contribution in [3.63, 3.8) is 0 Å². The third kappa shape index (κ3) is 4.58. The van der Waals surface area contributed by atoms with Crippen molar-refractivity contribution in [2.45, 2.75) is 6.04 Å². The van der Waals surface area contributed by atoms with Crippen LogP contribution < -0.4 is 5.32 Å². The van der Waals surface area contributed by atoms with Crippen LogP contribution in [0.1, 0.15) is 32.6 Å². The molecule has 1 amide bonds. The number of carboxylic acid groups (broad SMARTS) is 1. The minimum atomic E-state index is -1.18. The van der Waals surface area contributed by atoms with Gasteiger partial charge in [-0.05, 0) is 19.7 Å². The van der Waals surface area contributed by atoms with E-state index in [0.717, 1.165) is 18.0 Å². The minimum Gasteiger partial charge on any atom is -0.476 e. The van der Waals surface area contributed by atoms with Gasteiger partial charge in [-0.25, -0.2) is 14.8 Å². The van der Waals surface area contributed by atoms with Crippen LogP contribution in [0.3, 0.4) is 0 Å². The van der Waals surface area contributed by atoms with Crippen LogP contribution in [-0.2, 0) is 0 Å². The summed E-state index contributed by atoms with van der Waals surface area (Å²) in [5, 5.41) is 11.7. The molecule has 0 aliphatic carbocycles. The average Bonchev–Trinajstić information content (AvgIpc) is 2.54. The molecule has 0 fully saturated rings. The molecule has 0 aliphatic heterocycles. The number of carbonyl (C=O) groups excluding carboxylic acids is 1. The summed E-state index contributed by atoms with van der Waals surface area (Å²) in [4.78, 5) is 32.6. The molecule has 1 heterocycles. The fourth-order valence-electron chi connectivity index (χ4n) is 2.07. The summed E-state index contributed by atoms with van der Waals surface area (Å²) >= 11 is 0. The Kier molecular flexibility index (Phi) is 5.37. The summed E-state index contributed by atoms with van der Waals surface area (Å²) in [5.74, 6) is -1.58. The molecule has 0 radical (unpaired) electrons. The Bertz CT molecular complexity index is 671. The Hall–Kier alpha value is -2.80. The molecule has 1 aromatic heterocycles. The minimum absolute atomic E-state index is 0.0784. The summed E-state index contributed by atoms with van der Waals surface area (Å²) in [5.41, 5.74) is 0.855. The van der Waals surface area contributed by atoms with E-state index in [1.54, 1.807) is 0 Å². The molecule has 2 rings (SSSR count). The standard InChI is InChI=1S/C16H18N4O3/c1-20(2)10-14(11-6-4-3-5-7-11)19-15(21)12-8-18-13(9-17-12)16(22)23/h3-9,14H,10H2,1-2H3,(H,19,21)(H,22,23). The highest BCUT2D eigenvalue weighted by Crippen LogP contribution is 2.14. The number of carboxylic acids is 1. The first-order chi connectivity index (χ1) is 11.0. The van der Waals surface area contributed by atoms with Crippen molar-refractivity contribution in [3.8, 4) is 0 Å². The lowest BCUT2D eigenvalue weighted by atomic mass is 10.1. The number of nitrogens with zero attached hydrogens (tertiary/aromatic N) is 3. The lowest BCUT2D eigenvalue weighted by molar-refractivity contribution is 0.0688. The zero-order valence-corrected chi connectivity index (χ0v) is 12.9. The molecule has 2 aromatic rings. The molecular weight excluding hydrogens is 296 g/mol. The van der Waals surface area contributed by atoms with Crippen molar-refractivity contribution in [2.24, 2.45) is 0 Å². The van der Waals surface area contributed by atoms with E-state index in [1.807, 2.05) is 49.3 Å². The summed E-state index contributed by atoms with van der Waals surface area (Å²) in [6.45, 7) is 0.621. The largest absolute Gasteiger partial charge is 0.476 e. The van der Waals surface area contributed by atoms with Gasteiger partial charge in [0.2, 0.25) is 0 Å². The number of hydrogen-bond acceptors (Lipinski definition) is 5. The van der Waals surface area contributed by atoms with Gasteiger partial charge in [0.05, 0.1) is 18.4 Å². The smallest absolute Gasteiger partial charge is 0.356 e. The zero-order chi connectivity index (χ0) is 16.8. The summed E-state index contributed by atoms with van der Waals surface area (Å²) in [6, 6.07) is 9.40. The highest BCUT2D eigenvalue weighted by molar-refractivity contribution is 5.93. The van der Waals surface area contributed by atoms with Crippen LogP contribution in [0, 0.1) is 0 Å². The van der Waals surface area contributed by atoms with Gasteiger partial charge < -0.3 is 15.3 Å². The first-order valence-corrected chi connectivity index (χ1v) is 7.03. The fraction of sp³-hybridized carbons (Fsp3) is 0.250. The lowest BCUT2D eigenvalue weighted by Crippen LogP contribution is -2.35. The summed E-state index contributed by atoms with van der Waals surface area (Å²) in [7, 11) is 3.84. The van der Waals surface area contributed by atoms with Crippen molar-refractivity contribution in [1.82, 2.24) is 20.2 Å². The van der Waals surface area contributed by atoms with Gasteiger partial charge in [0, 0.05) is 6.54 Å². The maximum absolute atomic E-state index is 12.3. The second-order valence-corrected chi connectivity index (χ2v) is 5.29. The number of rotatable bonds is 6. The number of aromatic carboxylic acids is 1. The number of benzene rings is 1. The average molecular weight is 314 g/mol. The maximum atomic E-state index is 12.3. The Morgan fingerprint density at radius 3 is 2.26 bits per heavy atom. The highest BCUT2D eigenvalue weighted by atomic mass is 16.4. The molecule has 1 aromatic carbocycles. The molecule has 0 spiro atoms. The Balaban J connectivity index is 2.15. The summed E-state index contributed by atoms with van der Waals surface area (Å²) < 4.78 is 0. The van der Waals surface area contributed by atoms with Crippen molar-refractivity contribution < 1.29 is 14.7 Å². The van der Waals surface area contributed by atoms with Crippen molar-refractivity contribution in [3.05, 3.63) is 59.7 Å². The van der Waals surface area contributed by atoms with Crippen molar-refractivity contribution in [2.75, 3.05) is 20.6 Å². The van der Waals surface area contributed by atoms with Crippen LogP contribution in [0.25, 0.3) is 0 Å². The molecule has 1 atom stereocenters. The van der Waals surface area contributed by atoms with Gasteiger partial charge in [-0.3, -0.25) is 4.79 Å². The van der Waals surface area contributed by atoms with Crippen molar-refractivity contribution in [1.29, 1.82) is 0 Å². The maximum Gasteiger partial charge on any atom is 0.356 e. The van der Waals surface area contributed by atoms with Gasteiger partial charge in [0.1, 0.15) is 5.69 Å². The van der Waals surface area contributed by atoms with E-state index in [1.165, 1.54) is 0 Å². The first kappa shape index (κ1) is 16.6. The molecule has 0 saturated heterocycles. The number of likely N-dealkylation sites (N-methyl/N-ethyl adjacent to an activating group) is 1. The highest BCUT2D eigenvalue weighted by Gasteiger charge is 2.18. The van der Waals surface area contributed by atoms with Crippen LogP contribution in [0.2, 0.25) is 0 Å². The van der Waals surface area contributed by atoms with Gasteiger partial charge >= 0.3 is 5.97 Å². The Labute approximate surface area is 134 Å². The van der Waals surface area contributed by atoms with E-state index >= 15 is 0 Å². The Morgan fingerprint density at radius 1 is 1.13 bits per heavy atom. The molecule has 7 nitrogen and oxygen atoms in total. The quantitative estimate of drug-likeness (QED) is 0.832. The number of carbonyl (C=O) groups is 2. The molecule has 23 heavy (non-hydrogen) atoms. The molecule has 0 saturated carbocycles. The zero-order valence-electron chi connectivity index (χ0n) is 12.9. The third-order valence-electron chi connectivity index (χ3n) is 3.16. The van der Waals surface area contributed by atoms with Crippen LogP contribution in [0.15, 0.2) is 42.7 Å². The van der Waals surface area contributed by atoms with Gasteiger partial charge in [-0.2, -0.15) is 0 Å². The predicted molar refractivity (Wildman–Crippen MR) is 84.2 cm³/mol. The van der Waals surface area contributed by atoms with E-state index in [0.29, 0.717) is 6.54 Å². The monoisotopic (exact) mass is 314 g/mol. The summed E-state index contributed by atoms with van der Waals surface area (Å²) in [6.07, 6.45) is 2.23. The fourth-order valence-corrected chi connectivity index (χ4v) is 2.07. The first-order valence-electron chi connectivity index (χ1n) is 7.03. The van der Waals surface area contributed by atoms with E-state index in [-0.39, 0.29) is 17.4 Å². The molecular formula is C16H18N4O3. The van der Waals surface area contributed by atoms with E-state index in [4.69, 9.17) is 5.11 Å². The SMILES string of the molecule is CN(C)CC(NC(=O)c1cnc(C(=O)O)cn1)c1ccccc1. The molecule has 1 unspecified atom stereocenters. The normalized spacial score (nSPS) is 12.0. The van der Waals surface area contributed by atoms with Crippen molar-refractivity contribution >= 4 is 11.9 Å². The van der Waals surface area contributed by atoms with Gasteiger partial charge in [-0.15, -0.1) is 0 Å². The molecule has 0 bridgehead atoms. The van der Waals surface area contributed by atoms with Gasteiger partial charge in [-0.1, -0.05) is 30.3 Å². The van der Waals surface area contributed by atoms with Crippen LogP contribution in [0.5, 0.6) is 0 Å². The predicted octanol–water partition coefficient (Wildman–Crippen LogP) is 1.21. The number of hydrogen-bond donors (Lipinski definition) is 2. The van der Waals surface area contributed by atoms with Crippen LogP contribution in [-0.4, -0.2) is 52.5 Å². The van der Waals surface area contributed by atoms with Gasteiger partial charge in [0.25, 0.3) is 5.91 Å². The van der Waals surface area contributed by atoms with E-state index < -0.39 is 11.9 Å². The Morgan fingerprint density at radius 2 is 1.74 bits per heavy atom. The molecule has 7 heteroatoms. The van der Waals surface area contributed by atoms with E-state index in [9.17, 15) is 9.59 Å². The number of nitrogens with one attached hydrogen (secondary N) is 1. The second-order valence-electron chi connectivity index (χ2n) is 5.29. The lowest BCUT2D eigenvalue weighted by Gasteiger charge is -2.22.